The standard InChI is InChI=1S/C14H18N2/c15-12-8-13-6-7-14(9-12)16(13)10-11-4-2-1-3-5-11/h1-5,13-15H,6-10H2. The predicted molar refractivity (Wildman–Crippen MR) is 65.8 cm³/mol. The molecule has 2 heterocycles. The zero-order valence-corrected chi connectivity index (χ0v) is 9.52. The van der Waals surface area contributed by atoms with Crippen molar-refractivity contribution < 1.29 is 0 Å². The van der Waals surface area contributed by atoms with E-state index in [0.717, 1.165) is 25.1 Å². The van der Waals surface area contributed by atoms with Gasteiger partial charge in [0.2, 0.25) is 0 Å². The first-order valence-electron chi connectivity index (χ1n) is 6.19. The first-order valence-corrected chi connectivity index (χ1v) is 6.19. The van der Waals surface area contributed by atoms with Crippen LogP contribution in [0, 0.1) is 5.41 Å². The summed E-state index contributed by atoms with van der Waals surface area (Å²) in [7, 11) is 0. The highest BCUT2D eigenvalue weighted by Crippen LogP contribution is 2.35. The third kappa shape index (κ3) is 1.78. The summed E-state index contributed by atoms with van der Waals surface area (Å²) in [5, 5.41) is 7.83. The second-order valence-electron chi connectivity index (χ2n) is 5.05. The van der Waals surface area contributed by atoms with Crippen molar-refractivity contribution in [1.82, 2.24) is 4.90 Å². The zero-order valence-electron chi connectivity index (χ0n) is 9.52. The van der Waals surface area contributed by atoms with E-state index in [1.807, 2.05) is 0 Å². The maximum Gasteiger partial charge on any atom is 0.0239 e. The van der Waals surface area contributed by atoms with Crippen LogP contribution in [0.3, 0.4) is 0 Å². The molecule has 0 radical (unpaired) electrons. The predicted octanol–water partition coefficient (Wildman–Crippen LogP) is 2.83. The lowest BCUT2D eigenvalue weighted by atomic mass is 10.00. The zero-order chi connectivity index (χ0) is 11.0. The molecule has 2 aliphatic heterocycles. The lowest BCUT2D eigenvalue weighted by Crippen LogP contribution is -2.42. The molecule has 3 rings (SSSR count). The highest BCUT2D eigenvalue weighted by molar-refractivity contribution is 5.83. The number of fused-ring (bicyclic) bond motifs is 2. The van der Waals surface area contributed by atoms with Gasteiger partial charge in [0.15, 0.2) is 0 Å². The molecule has 0 aliphatic carbocycles. The minimum absolute atomic E-state index is 0.645. The van der Waals surface area contributed by atoms with Gasteiger partial charge in [-0.3, -0.25) is 4.90 Å². The van der Waals surface area contributed by atoms with E-state index in [2.05, 4.69) is 35.2 Å². The lowest BCUT2D eigenvalue weighted by Gasteiger charge is -2.35. The summed E-state index contributed by atoms with van der Waals surface area (Å²) in [5.41, 5.74) is 2.38. The molecule has 2 saturated heterocycles. The maximum absolute atomic E-state index is 7.83. The number of nitrogens with one attached hydrogen (secondary N) is 1. The van der Waals surface area contributed by atoms with Crippen LogP contribution in [0.15, 0.2) is 30.3 Å². The number of nitrogens with zero attached hydrogens (tertiary/aromatic N) is 1. The van der Waals surface area contributed by atoms with Crippen molar-refractivity contribution >= 4 is 5.71 Å². The van der Waals surface area contributed by atoms with Crippen LogP contribution in [0.1, 0.15) is 31.2 Å². The van der Waals surface area contributed by atoms with E-state index in [0.29, 0.717) is 12.1 Å². The normalized spacial score (nSPS) is 29.6. The van der Waals surface area contributed by atoms with Crippen molar-refractivity contribution in [1.29, 1.82) is 5.41 Å². The molecule has 2 unspecified atom stereocenters. The van der Waals surface area contributed by atoms with Crippen LogP contribution >= 0.6 is 0 Å². The molecule has 2 atom stereocenters. The van der Waals surface area contributed by atoms with Crippen LogP contribution in [-0.2, 0) is 6.54 Å². The van der Waals surface area contributed by atoms with E-state index in [4.69, 9.17) is 5.41 Å². The Balaban J connectivity index is 1.75. The molecule has 2 aliphatic rings. The Hall–Kier alpha value is -1.15. The molecule has 1 aromatic rings. The van der Waals surface area contributed by atoms with Crippen LogP contribution in [0.4, 0.5) is 0 Å². The van der Waals surface area contributed by atoms with Crippen molar-refractivity contribution in [2.45, 2.75) is 44.3 Å². The van der Waals surface area contributed by atoms with E-state index in [1.54, 1.807) is 0 Å². The van der Waals surface area contributed by atoms with Gasteiger partial charge in [0, 0.05) is 37.2 Å². The third-order valence-corrected chi connectivity index (χ3v) is 3.94. The molecule has 2 heteroatoms. The van der Waals surface area contributed by atoms with Gasteiger partial charge in [0.25, 0.3) is 0 Å². The number of hydrogen-bond donors (Lipinski definition) is 1. The molecule has 0 spiro atoms. The van der Waals surface area contributed by atoms with Crippen molar-refractivity contribution in [3.8, 4) is 0 Å². The topological polar surface area (TPSA) is 27.1 Å². The summed E-state index contributed by atoms with van der Waals surface area (Å²) in [6, 6.07) is 12.0. The van der Waals surface area contributed by atoms with Crippen LogP contribution in [0.25, 0.3) is 0 Å². The SMILES string of the molecule is N=C1CC2CCC(C1)N2Cc1ccccc1. The van der Waals surface area contributed by atoms with E-state index >= 15 is 0 Å². The van der Waals surface area contributed by atoms with Crippen molar-refractivity contribution in [2.75, 3.05) is 0 Å². The lowest BCUT2D eigenvalue weighted by molar-refractivity contribution is 0.174. The Labute approximate surface area is 96.8 Å². The summed E-state index contributed by atoms with van der Waals surface area (Å²) in [6.07, 6.45) is 4.59. The van der Waals surface area contributed by atoms with E-state index < -0.39 is 0 Å². The van der Waals surface area contributed by atoms with Crippen LogP contribution in [-0.4, -0.2) is 22.7 Å². The van der Waals surface area contributed by atoms with Crippen molar-refractivity contribution in [3.05, 3.63) is 35.9 Å². The van der Waals surface area contributed by atoms with Gasteiger partial charge in [-0.25, -0.2) is 0 Å². The van der Waals surface area contributed by atoms with E-state index in [9.17, 15) is 0 Å². The van der Waals surface area contributed by atoms with Gasteiger partial charge in [-0.15, -0.1) is 0 Å². The third-order valence-electron chi connectivity index (χ3n) is 3.94. The molecule has 1 aromatic carbocycles. The molecule has 16 heavy (non-hydrogen) atoms. The van der Waals surface area contributed by atoms with Crippen LogP contribution in [0.2, 0.25) is 0 Å². The van der Waals surface area contributed by atoms with Gasteiger partial charge in [-0.2, -0.15) is 0 Å². The Morgan fingerprint density at radius 1 is 1.06 bits per heavy atom. The molecule has 2 bridgehead atoms. The van der Waals surface area contributed by atoms with Gasteiger partial charge >= 0.3 is 0 Å². The van der Waals surface area contributed by atoms with Gasteiger partial charge < -0.3 is 5.41 Å². The molecule has 0 amide bonds. The highest BCUT2D eigenvalue weighted by atomic mass is 15.2. The molecule has 0 aromatic heterocycles. The molecule has 0 saturated carbocycles. The molecule has 2 fully saturated rings. The quantitative estimate of drug-likeness (QED) is 0.805. The van der Waals surface area contributed by atoms with Crippen LogP contribution in [0.5, 0.6) is 0 Å². The Kier molecular flexibility index (Phi) is 2.52. The van der Waals surface area contributed by atoms with Gasteiger partial charge in [-0.1, -0.05) is 30.3 Å². The molecule has 1 N–H and O–H groups in total. The van der Waals surface area contributed by atoms with Crippen LogP contribution < -0.4 is 0 Å². The van der Waals surface area contributed by atoms with E-state index in [-0.39, 0.29) is 0 Å². The van der Waals surface area contributed by atoms with Gasteiger partial charge in [0.05, 0.1) is 0 Å². The minimum Gasteiger partial charge on any atom is -0.310 e. The Morgan fingerprint density at radius 2 is 1.69 bits per heavy atom. The fourth-order valence-corrected chi connectivity index (χ4v) is 3.16. The molecule has 84 valence electrons. The van der Waals surface area contributed by atoms with Gasteiger partial charge in [-0.05, 0) is 18.4 Å². The van der Waals surface area contributed by atoms with Gasteiger partial charge in [0.1, 0.15) is 0 Å². The van der Waals surface area contributed by atoms with E-state index in [1.165, 1.54) is 18.4 Å². The average molecular weight is 214 g/mol. The summed E-state index contributed by atoms with van der Waals surface area (Å²) in [6.45, 7) is 1.07. The second kappa shape index (κ2) is 4.02. The largest absolute Gasteiger partial charge is 0.310 e. The monoisotopic (exact) mass is 214 g/mol. The number of hydrogen-bond acceptors (Lipinski definition) is 2. The number of benzene rings is 1. The first kappa shape index (κ1) is 10.0. The second-order valence-corrected chi connectivity index (χ2v) is 5.05. The Morgan fingerprint density at radius 3 is 2.31 bits per heavy atom. The number of piperidine rings is 1. The molecular formula is C14H18N2. The maximum atomic E-state index is 7.83. The Bertz CT molecular complexity index is 369. The molecular weight excluding hydrogens is 196 g/mol. The first-order chi connectivity index (χ1) is 7.83. The summed E-state index contributed by atoms with van der Waals surface area (Å²) < 4.78 is 0. The smallest absolute Gasteiger partial charge is 0.0239 e. The van der Waals surface area contributed by atoms with Crippen molar-refractivity contribution in [3.63, 3.8) is 0 Å². The fraction of sp³-hybridized carbons (Fsp3) is 0.500. The summed E-state index contributed by atoms with van der Waals surface area (Å²) >= 11 is 0. The minimum atomic E-state index is 0.645. The fourth-order valence-electron chi connectivity index (χ4n) is 3.16. The number of rotatable bonds is 2. The molecule has 2 nitrogen and oxygen atoms in total. The van der Waals surface area contributed by atoms with Crippen molar-refractivity contribution in [2.24, 2.45) is 0 Å². The summed E-state index contributed by atoms with van der Waals surface area (Å²) in [4.78, 5) is 2.62. The highest BCUT2D eigenvalue weighted by Gasteiger charge is 2.38. The summed E-state index contributed by atoms with van der Waals surface area (Å²) in [5.74, 6) is 0. The average Bonchev–Trinajstić information content (AvgIpc) is 2.54.